The first-order chi connectivity index (χ1) is 15.1. The van der Waals surface area contributed by atoms with Gasteiger partial charge in [0.15, 0.2) is 10.1 Å². The van der Waals surface area contributed by atoms with Crippen LogP contribution in [0.2, 0.25) is 5.02 Å². The van der Waals surface area contributed by atoms with Crippen LogP contribution in [0, 0.1) is 0 Å². The minimum Gasteiger partial charge on any atom is -0.294 e. The number of rotatable bonds is 5. The number of ketones is 1. The van der Waals surface area contributed by atoms with E-state index in [2.05, 4.69) is 10.2 Å². The standard InChI is InChI=1S/C22H18ClN3O2S3/c23-15-6-2-1-5-13(15)12-30-22-25-24-21(31-22)26-16-7-3-8-17(27)20(16)14(11-19(26)28)18-9-4-10-29-18/h1-2,4-6,9-10,14H,3,7-8,11-12H2. The van der Waals surface area contributed by atoms with Crippen LogP contribution in [0.4, 0.5) is 5.13 Å². The SMILES string of the molecule is O=C1CCCC2=C1C(c1cccs1)CC(=O)N2c1nnc(SCc2ccccc2Cl)s1. The Bertz CT molecular complexity index is 1170. The Kier molecular flexibility index (Phi) is 5.97. The molecule has 1 aromatic carbocycles. The second-order valence-corrected chi connectivity index (χ2v) is 10.9. The van der Waals surface area contributed by atoms with E-state index in [0.29, 0.717) is 23.7 Å². The van der Waals surface area contributed by atoms with Crippen LogP contribution in [-0.4, -0.2) is 21.9 Å². The van der Waals surface area contributed by atoms with E-state index in [4.69, 9.17) is 11.6 Å². The number of anilines is 1. The third-order valence-corrected chi connectivity index (χ3v) is 8.90. The first-order valence-corrected chi connectivity index (χ1v) is 13.0. The molecule has 0 bridgehead atoms. The van der Waals surface area contributed by atoms with Crippen molar-refractivity contribution >= 4 is 62.9 Å². The van der Waals surface area contributed by atoms with Crippen LogP contribution >= 0.6 is 46.0 Å². The quantitative estimate of drug-likeness (QED) is 0.322. The Balaban J connectivity index is 1.44. The van der Waals surface area contributed by atoms with Crippen molar-refractivity contribution in [2.24, 2.45) is 0 Å². The molecule has 2 aliphatic rings. The van der Waals surface area contributed by atoms with Gasteiger partial charge in [-0.1, -0.05) is 59.0 Å². The highest BCUT2D eigenvalue weighted by molar-refractivity contribution is 8.00. The van der Waals surface area contributed by atoms with E-state index >= 15 is 0 Å². The molecule has 1 unspecified atom stereocenters. The Morgan fingerprint density at radius 1 is 1.13 bits per heavy atom. The molecule has 1 amide bonds. The molecule has 2 aromatic heterocycles. The van der Waals surface area contributed by atoms with Crippen molar-refractivity contribution in [2.45, 2.75) is 41.7 Å². The van der Waals surface area contributed by atoms with Crippen LogP contribution < -0.4 is 4.90 Å². The molecule has 9 heteroatoms. The number of aromatic nitrogens is 2. The highest BCUT2D eigenvalue weighted by Gasteiger charge is 2.41. The van der Waals surface area contributed by atoms with Gasteiger partial charge in [0.2, 0.25) is 11.0 Å². The normalized spacial score (nSPS) is 19.1. The van der Waals surface area contributed by atoms with Crippen molar-refractivity contribution in [3.05, 3.63) is 68.5 Å². The molecular weight excluding hydrogens is 470 g/mol. The predicted octanol–water partition coefficient (Wildman–Crippen LogP) is 6.07. The smallest absolute Gasteiger partial charge is 0.234 e. The fourth-order valence-corrected chi connectivity index (χ4v) is 7.06. The van der Waals surface area contributed by atoms with Gasteiger partial charge in [-0.15, -0.1) is 21.5 Å². The van der Waals surface area contributed by atoms with Crippen LogP contribution in [0.15, 0.2) is 57.4 Å². The Morgan fingerprint density at radius 3 is 2.81 bits per heavy atom. The third-order valence-electron chi connectivity index (χ3n) is 5.46. The second-order valence-electron chi connectivity index (χ2n) is 7.37. The highest BCUT2D eigenvalue weighted by Crippen LogP contribution is 2.45. The largest absolute Gasteiger partial charge is 0.294 e. The minimum absolute atomic E-state index is 0.0225. The van der Waals surface area contributed by atoms with Gasteiger partial charge in [0.1, 0.15) is 0 Å². The molecular formula is C22H18ClN3O2S3. The zero-order chi connectivity index (χ0) is 21.4. The van der Waals surface area contributed by atoms with Crippen molar-refractivity contribution in [3.63, 3.8) is 0 Å². The van der Waals surface area contributed by atoms with Gasteiger partial charge < -0.3 is 0 Å². The molecule has 158 valence electrons. The molecule has 5 nitrogen and oxygen atoms in total. The number of thioether (sulfide) groups is 1. The molecule has 3 heterocycles. The lowest BCUT2D eigenvalue weighted by Crippen LogP contribution is -2.40. The predicted molar refractivity (Wildman–Crippen MR) is 126 cm³/mol. The summed E-state index contributed by atoms with van der Waals surface area (Å²) in [6.45, 7) is 0. The maximum absolute atomic E-state index is 13.2. The first-order valence-electron chi connectivity index (χ1n) is 9.94. The van der Waals surface area contributed by atoms with Gasteiger partial charge in [-0.05, 0) is 35.9 Å². The second kappa shape index (κ2) is 8.86. The van der Waals surface area contributed by atoms with Gasteiger partial charge >= 0.3 is 0 Å². The molecule has 1 aliphatic carbocycles. The molecule has 1 atom stereocenters. The lowest BCUT2D eigenvalue weighted by Gasteiger charge is -2.36. The molecule has 3 aromatic rings. The number of amides is 1. The van der Waals surface area contributed by atoms with E-state index in [-0.39, 0.29) is 24.0 Å². The zero-order valence-electron chi connectivity index (χ0n) is 16.4. The van der Waals surface area contributed by atoms with Gasteiger partial charge in [-0.3, -0.25) is 14.5 Å². The van der Waals surface area contributed by atoms with Crippen LogP contribution in [0.5, 0.6) is 0 Å². The first kappa shape index (κ1) is 20.9. The number of nitrogens with zero attached hydrogens (tertiary/aromatic N) is 3. The van der Waals surface area contributed by atoms with E-state index < -0.39 is 0 Å². The molecule has 0 N–H and O–H groups in total. The number of benzene rings is 1. The number of allylic oxidation sites excluding steroid dienone is 2. The summed E-state index contributed by atoms with van der Waals surface area (Å²) in [7, 11) is 0. The molecule has 31 heavy (non-hydrogen) atoms. The lowest BCUT2D eigenvalue weighted by molar-refractivity contribution is -0.119. The van der Waals surface area contributed by atoms with Crippen molar-refractivity contribution in [3.8, 4) is 0 Å². The topological polar surface area (TPSA) is 63.2 Å². The third kappa shape index (κ3) is 4.09. The van der Waals surface area contributed by atoms with E-state index in [1.54, 1.807) is 28.0 Å². The van der Waals surface area contributed by atoms with E-state index in [1.807, 2.05) is 41.8 Å². The molecule has 5 rings (SSSR count). The summed E-state index contributed by atoms with van der Waals surface area (Å²) < 4.78 is 0.771. The Morgan fingerprint density at radius 2 is 2.00 bits per heavy atom. The molecule has 1 aliphatic heterocycles. The van der Waals surface area contributed by atoms with Crippen molar-refractivity contribution in [2.75, 3.05) is 4.90 Å². The molecule has 0 fully saturated rings. The van der Waals surface area contributed by atoms with Gasteiger partial charge in [0.05, 0.1) is 0 Å². The lowest BCUT2D eigenvalue weighted by atomic mass is 9.80. The number of carbonyl (C=O) groups excluding carboxylic acids is 2. The van der Waals surface area contributed by atoms with Crippen molar-refractivity contribution < 1.29 is 9.59 Å². The number of halogens is 1. The molecule has 0 spiro atoms. The van der Waals surface area contributed by atoms with E-state index in [0.717, 1.165) is 37.5 Å². The maximum Gasteiger partial charge on any atom is 0.234 e. The monoisotopic (exact) mass is 487 g/mol. The Hall–Kier alpha value is -2.00. The number of hydrogen-bond acceptors (Lipinski definition) is 7. The minimum atomic E-state index is -0.145. The summed E-state index contributed by atoms with van der Waals surface area (Å²) in [5, 5.41) is 11.8. The number of carbonyl (C=O) groups is 2. The van der Waals surface area contributed by atoms with Crippen LogP contribution in [0.25, 0.3) is 0 Å². The van der Waals surface area contributed by atoms with Crippen molar-refractivity contribution in [1.82, 2.24) is 10.2 Å². The number of hydrogen-bond donors (Lipinski definition) is 0. The number of Topliss-reactive ketones (excluding diaryl/α,β-unsaturated/α-hetero) is 1. The average molecular weight is 488 g/mol. The van der Waals surface area contributed by atoms with E-state index in [9.17, 15) is 9.59 Å². The maximum atomic E-state index is 13.2. The summed E-state index contributed by atoms with van der Waals surface area (Å²) >= 11 is 10.8. The summed E-state index contributed by atoms with van der Waals surface area (Å²) in [4.78, 5) is 28.8. The summed E-state index contributed by atoms with van der Waals surface area (Å²) in [5.74, 6) is 0.656. The Labute approximate surface area is 197 Å². The van der Waals surface area contributed by atoms with Crippen LogP contribution in [0.1, 0.15) is 42.0 Å². The molecule has 0 radical (unpaired) electrons. The fourth-order valence-electron chi connectivity index (χ4n) is 4.05. The van der Waals surface area contributed by atoms with Crippen LogP contribution in [-0.2, 0) is 15.3 Å². The van der Waals surface area contributed by atoms with Gasteiger partial charge in [-0.2, -0.15) is 0 Å². The van der Waals surface area contributed by atoms with E-state index in [1.165, 1.54) is 11.3 Å². The van der Waals surface area contributed by atoms with Gasteiger partial charge in [0.25, 0.3) is 0 Å². The zero-order valence-corrected chi connectivity index (χ0v) is 19.6. The van der Waals surface area contributed by atoms with Gasteiger partial charge in [-0.25, -0.2) is 0 Å². The summed E-state index contributed by atoms with van der Waals surface area (Å²) in [5.41, 5.74) is 2.63. The summed E-state index contributed by atoms with van der Waals surface area (Å²) in [6, 6.07) is 11.7. The molecule has 0 saturated carbocycles. The fraction of sp³-hybridized carbons (Fsp3) is 0.273. The summed E-state index contributed by atoms with van der Waals surface area (Å²) in [6.07, 6.45) is 2.28. The highest BCUT2D eigenvalue weighted by atomic mass is 35.5. The average Bonchev–Trinajstić information content (AvgIpc) is 3.45. The van der Waals surface area contributed by atoms with Crippen molar-refractivity contribution in [1.29, 1.82) is 0 Å². The number of thiophene rings is 1. The van der Waals surface area contributed by atoms with Gasteiger partial charge in [0, 0.05) is 45.7 Å². The van der Waals surface area contributed by atoms with Crippen LogP contribution in [0.3, 0.4) is 0 Å². The molecule has 0 saturated heterocycles.